The number of halogens is 1. The molecule has 6 heteroatoms. The molecule has 2 rings (SSSR count). The number of benzene rings is 1. The molecule has 1 aromatic heterocycles. The second-order valence-corrected chi connectivity index (χ2v) is 4.08. The number of methoxy groups -OCH3 is 1. The summed E-state index contributed by atoms with van der Waals surface area (Å²) >= 11 is 0. The molecule has 2 aromatic rings. The summed E-state index contributed by atoms with van der Waals surface area (Å²) in [7, 11) is 1.28. The first-order chi connectivity index (χ1) is 10.1. The highest BCUT2D eigenvalue weighted by Gasteiger charge is 2.08. The first-order valence-electron chi connectivity index (χ1n) is 5.99. The fraction of sp³-hybridized carbons (Fsp3) is 0.133. The van der Waals surface area contributed by atoms with Crippen molar-refractivity contribution in [3.8, 4) is 11.8 Å². The molecule has 0 unspecified atom stereocenters. The summed E-state index contributed by atoms with van der Waals surface area (Å²) < 4.78 is 23.4. The van der Waals surface area contributed by atoms with Crippen LogP contribution in [0.2, 0.25) is 0 Å². The van der Waals surface area contributed by atoms with Crippen molar-refractivity contribution in [3.63, 3.8) is 0 Å². The minimum absolute atomic E-state index is 0.0350. The molecule has 0 bridgehead atoms. The normalized spacial score (nSPS) is 9.76. The predicted octanol–water partition coefficient (Wildman–Crippen LogP) is 2.46. The van der Waals surface area contributed by atoms with E-state index < -0.39 is 11.8 Å². The third kappa shape index (κ3) is 3.54. The van der Waals surface area contributed by atoms with Gasteiger partial charge in [-0.05, 0) is 30.3 Å². The van der Waals surface area contributed by atoms with Gasteiger partial charge in [-0.15, -0.1) is 0 Å². The molecule has 0 aliphatic carbocycles. The Bertz CT molecular complexity index is 693. The van der Waals surface area contributed by atoms with Gasteiger partial charge in [-0.25, -0.2) is 9.18 Å². The van der Waals surface area contributed by atoms with Gasteiger partial charge < -0.3 is 9.47 Å². The van der Waals surface area contributed by atoms with Crippen LogP contribution >= 0.6 is 0 Å². The first kappa shape index (κ1) is 14.5. The standard InChI is InChI=1S/C15H11FN2O3/c1-20-15(19)11-3-4-12(18-8-11)9-21-14-5-2-10(7-17)6-13(14)16/h2-6,8H,9H2,1H3. The van der Waals surface area contributed by atoms with Crippen molar-refractivity contribution in [2.24, 2.45) is 0 Å². The van der Waals surface area contributed by atoms with Crippen LogP contribution < -0.4 is 4.74 Å². The number of aromatic nitrogens is 1. The van der Waals surface area contributed by atoms with Crippen molar-refractivity contribution in [1.29, 1.82) is 5.26 Å². The third-order valence-corrected chi connectivity index (χ3v) is 2.68. The maximum atomic E-state index is 13.6. The lowest BCUT2D eigenvalue weighted by atomic mass is 10.2. The lowest BCUT2D eigenvalue weighted by molar-refractivity contribution is 0.0600. The molecule has 0 atom stereocenters. The van der Waals surface area contributed by atoms with Gasteiger partial charge in [-0.1, -0.05) is 0 Å². The molecule has 1 heterocycles. The summed E-state index contributed by atoms with van der Waals surface area (Å²) in [5, 5.41) is 8.65. The van der Waals surface area contributed by atoms with Gasteiger partial charge >= 0.3 is 5.97 Å². The summed E-state index contributed by atoms with van der Waals surface area (Å²) in [5.74, 6) is -1.05. The van der Waals surface area contributed by atoms with Crippen molar-refractivity contribution in [1.82, 2.24) is 4.98 Å². The largest absolute Gasteiger partial charge is 0.484 e. The molecule has 0 radical (unpaired) electrons. The highest BCUT2D eigenvalue weighted by molar-refractivity contribution is 5.88. The Hall–Kier alpha value is -2.94. The van der Waals surface area contributed by atoms with Gasteiger partial charge in [-0.3, -0.25) is 4.98 Å². The minimum Gasteiger partial charge on any atom is -0.484 e. The predicted molar refractivity (Wildman–Crippen MR) is 71.0 cm³/mol. The topological polar surface area (TPSA) is 72.2 Å². The summed E-state index contributed by atoms with van der Waals surface area (Å²) in [5.41, 5.74) is 1.08. The van der Waals surface area contributed by atoms with E-state index >= 15 is 0 Å². The Labute approximate surface area is 120 Å². The summed E-state index contributed by atoms with van der Waals surface area (Å²) in [6.07, 6.45) is 1.36. The van der Waals surface area contributed by atoms with Gasteiger partial charge in [0.25, 0.3) is 0 Å². The Morgan fingerprint density at radius 1 is 1.38 bits per heavy atom. The van der Waals surface area contributed by atoms with Gasteiger partial charge in [0, 0.05) is 6.20 Å². The monoisotopic (exact) mass is 286 g/mol. The Morgan fingerprint density at radius 2 is 2.19 bits per heavy atom. The number of hydrogen-bond donors (Lipinski definition) is 0. The van der Waals surface area contributed by atoms with Crippen LogP contribution in [-0.2, 0) is 11.3 Å². The maximum absolute atomic E-state index is 13.6. The SMILES string of the molecule is COC(=O)c1ccc(COc2ccc(C#N)cc2F)nc1. The molecule has 5 nitrogen and oxygen atoms in total. The third-order valence-electron chi connectivity index (χ3n) is 2.68. The van der Waals surface area contributed by atoms with E-state index in [4.69, 9.17) is 10.00 Å². The van der Waals surface area contributed by atoms with E-state index in [2.05, 4.69) is 9.72 Å². The Kier molecular flexibility index (Phi) is 4.46. The van der Waals surface area contributed by atoms with Crippen LogP contribution in [-0.4, -0.2) is 18.1 Å². The van der Waals surface area contributed by atoms with Crippen molar-refractivity contribution in [2.45, 2.75) is 6.61 Å². The lowest BCUT2D eigenvalue weighted by Gasteiger charge is -2.07. The van der Waals surface area contributed by atoms with Crippen LogP contribution in [0.1, 0.15) is 21.6 Å². The second-order valence-electron chi connectivity index (χ2n) is 4.08. The number of pyridine rings is 1. The van der Waals surface area contributed by atoms with Gasteiger partial charge in [0.15, 0.2) is 11.6 Å². The zero-order valence-electron chi connectivity index (χ0n) is 11.2. The average Bonchev–Trinajstić information content (AvgIpc) is 2.53. The minimum atomic E-state index is -0.611. The second kappa shape index (κ2) is 6.48. The average molecular weight is 286 g/mol. The molecule has 0 spiro atoms. The van der Waals surface area contributed by atoms with Gasteiger partial charge in [-0.2, -0.15) is 5.26 Å². The fourth-order valence-electron chi connectivity index (χ4n) is 1.59. The van der Waals surface area contributed by atoms with Crippen LogP contribution in [0.4, 0.5) is 4.39 Å². The van der Waals surface area contributed by atoms with E-state index in [9.17, 15) is 9.18 Å². The van der Waals surface area contributed by atoms with Crippen molar-refractivity contribution >= 4 is 5.97 Å². The van der Waals surface area contributed by atoms with E-state index in [-0.39, 0.29) is 17.9 Å². The van der Waals surface area contributed by atoms with E-state index in [1.807, 2.05) is 6.07 Å². The van der Waals surface area contributed by atoms with Crippen LogP contribution in [0, 0.1) is 17.1 Å². The van der Waals surface area contributed by atoms with E-state index in [1.165, 1.54) is 25.4 Å². The zero-order valence-corrected chi connectivity index (χ0v) is 11.2. The van der Waals surface area contributed by atoms with Crippen LogP contribution in [0.3, 0.4) is 0 Å². The quantitative estimate of drug-likeness (QED) is 0.807. The lowest BCUT2D eigenvalue weighted by Crippen LogP contribution is -2.04. The molecule has 0 aliphatic heterocycles. The molecule has 0 N–H and O–H groups in total. The van der Waals surface area contributed by atoms with Crippen LogP contribution in [0.25, 0.3) is 0 Å². The summed E-state index contributed by atoms with van der Waals surface area (Å²) in [4.78, 5) is 15.3. The number of hydrogen-bond acceptors (Lipinski definition) is 5. The number of carbonyl (C=O) groups excluding carboxylic acids is 1. The highest BCUT2D eigenvalue weighted by atomic mass is 19.1. The van der Waals surface area contributed by atoms with Crippen molar-refractivity contribution in [3.05, 3.63) is 59.2 Å². The van der Waals surface area contributed by atoms with E-state index in [0.717, 1.165) is 6.07 Å². The molecular formula is C15H11FN2O3. The Balaban J connectivity index is 2.03. The van der Waals surface area contributed by atoms with Crippen molar-refractivity contribution < 1.29 is 18.7 Å². The number of esters is 1. The molecule has 0 aliphatic rings. The van der Waals surface area contributed by atoms with Crippen molar-refractivity contribution in [2.75, 3.05) is 7.11 Å². The maximum Gasteiger partial charge on any atom is 0.339 e. The number of nitriles is 1. The molecular weight excluding hydrogens is 275 g/mol. The number of carbonyl (C=O) groups is 1. The molecule has 0 amide bonds. The number of nitrogens with zero attached hydrogens (tertiary/aromatic N) is 2. The summed E-state index contributed by atoms with van der Waals surface area (Å²) in [6.45, 7) is 0.0459. The van der Waals surface area contributed by atoms with Gasteiger partial charge in [0.2, 0.25) is 0 Å². The smallest absolute Gasteiger partial charge is 0.339 e. The van der Waals surface area contributed by atoms with Crippen LogP contribution in [0.5, 0.6) is 5.75 Å². The van der Waals surface area contributed by atoms with E-state index in [1.54, 1.807) is 12.1 Å². The first-order valence-corrected chi connectivity index (χ1v) is 5.99. The van der Waals surface area contributed by atoms with E-state index in [0.29, 0.717) is 11.3 Å². The fourth-order valence-corrected chi connectivity index (χ4v) is 1.59. The van der Waals surface area contributed by atoms with Gasteiger partial charge in [0.05, 0.1) is 30.0 Å². The molecule has 0 saturated carbocycles. The highest BCUT2D eigenvalue weighted by Crippen LogP contribution is 2.19. The molecule has 21 heavy (non-hydrogen) atoms. The number of rotatable bonds is 4. The molecule has 0 saturated heterocycles. The molecule has 0 fully saturated rings. The Morgan fingerprint density at radius 3 is 2.76 bits per heavy atom. The molecule has 106 valence electrons. The zero-order chi connectivity index (χ0) is 15.2. The number of ether oxygens (including phenoxy) is 2. The van der Waals surface area contributed by atoms with Gasteiger partial charge in [0.1, 0.15) is 6.61 Å². The van der Waals surface area contributed by atoms with Crippen LogP contribution in [0.15, 0.2) is 36.5 Å². The summed E-state index contributed by atoms with van der Waals surface area (Å²) in [6, 6.07) is 8.93. The molecule has 1 aromatic carbocycles.